The van der Waals surface area contributed by atoms with Gasteiger partial charge in [-0.05, 0) is 29.3 Å². The van der Waals surface area contributed by atoms with Gasteiger partial charge < -0.3 is 4.74 Å². The van der Waals surface area contributed by atoms with Crippen LogP contribution in [0.25, 0.3) is 5.76 Å². The summed E-state index contributed by atoms with van der Waals surface area (Å²) >= 11 is 1.71. The van der Waals surface area contributed by atoms with Gasteiger partial charge in [-0.2, -0.15) is 0 Å². The minimum Gasteiger partial charge on any atom is -0.496 e. The number of methoxy groups -OCH3 is 1. The van der Waals surface area contributed by atoms with Crippen LogP contribution in [-0.4, -0.2) is 7.11 Å². The summed E-state index contributed by atoms with van der Waals surface area (Å²) in [6.07, 6.45) is 0. The fourth-order valence-electron chi connectivity index (χ4n) is 1.48. The average molecular weight is 196 g/mol. The molecule has 0 saturated carbocycles. The average Bonchev–Trinajstić information content (AvgIpc) is 2.45. The third-order valence-corrected chi connectivity index (χ3v) is 3.25. The summed E-state index contributed by atoms with van der Waals surface area (Å²) in [5, 5.41) is 2.16. The van der Waals surface area contributed by atoms with E-state index < -0.39 is 0 Å². The maximum Gasteiger partial charge on any atom is 0.129 e. The fourth-order valence-corrected chi connectivity index (χ4v) is 2.64. The number of aryl methyl sites for hydroxylation is 1. The van der Waals surface area contributed by atoms with Crippen LogP contribution in [-0.2, 0) is 4.74 Å². The smallest absolute Gasteiger partial charge is 0.129 e. The van der Waals surface area contributed by atoms with Crippen molar-refractivity contribution < 1.29 is 4.74 Å². The van der Waals surface area contributed by atoms with E-state index in [1.807, 2.05) is 0 Å². The molecule has 0 N–H and O–H groups in total. The topological polar surface area (TPSA) is 9.23 Å². The Bertz CT molecular complexity index is 310. The van der Waals surface area contributed by atoms with Gasteiger partial charge in [0.2, 0.25) is 0 Å². The Hall–Kier alpha value is -0.760. The van der Waals surface area contributed by atoms with Gasteiger partial charge in [-0.25, -0.2) is 0 Å². The van der Waals surface area contributed by atoms with Crippen LogP contribution in [0.1, 0.15) is 35.8 Å². The second-order valence-corrected chi connectivity index (χ2v) is 4.32. The van der Waals surface area contributed by atoms with Gasteiger partial charge >= 0.3 is 0 Å². The molecule has 0 aromatic carbocycles. The van der Waals surface area contributed by atoms with Crippen molar-refractivity contribution in [3.05, 3.63) is 28.0 Å². The molecule has 2 heteroatoms. The van der Waals surface area contributed by atoms with Gasteiger partial charge in [0.05, 0.1) is 12.0 Å². The monoisotopic (exact) mass is 196 g/mol. The summed E-state index contributed by atoms with van der Waals surface area (Å²) in [5.41, 5.74) is 2.71. The molecule has 1 heterocycles. The molecular weight excluding hydrogens is 180 g/mol. The third-order valence-electron chi connectivity index (χ3n) is 2.10. The minimum atomic E-state index is 0.535. The summed E-state index contributed by atoms with van der Waals surface area (Å²) in [6, 6.07) is 0. The van der Waals surface area contributed by atoms with Crippen molar-refractivity contribution in [2.75, 3.05) is 7.11 Å². The molecule has 0 aliphatic rings. The van der Waals surface area contributed by atoms with Crippen LogP contribution in [0.2, 0.25) is 0 Å². The zero-order valence-electron chi connectivity index (χ0n) is 8.68. The molecule has 0 aliphatic carbocycles. The fraction of sp³-hybridized carbons (Fsp3) is 0.455. The number of ether oxygens (including phenoxy) is 1. The minimum absolute atomic E-state index is 0.535. The van der Waals surface area contributed by atoms with Gasteiger partial charge in [-0.3, -0.25) is 0 Å². The highest BCUT2D eigenvalue weighted by Gasteiger charge is 2.14. The lowest BCUT2D eigenvalue weighted by molar-refractivity contribution is 0.372. The molecular formula is C11H16OS. The molecule has 0 radical (unpaired) electrons. The number of hydrogen-bond acceptors (Lipinski definition) is 2. The van der Waals surface area contributed by atoms with Gasteiger partial charge in [0.15, 0.2) is 0 Å². The Labute approximate surface area is 84.1 Å². The van der Waals surface area contributed by atoms with E-state index in [-0.39, 0.29) is 0 Å². The van der Waals surface area contributed by atoms with Crippen LogP contribution in [0, 0.1) is 6.92 Å². The van der Waals surface area contributed by atoms with E-state index in [0.717, 1.165) is 5.76 Å². The van der Waals surface area contributed by atoms with E-state index >= 15 is 0 Å². The molecule has 1 aromatic rings. The molecule has 0 bridgehead atoms. The standard InChI is InChI=1S/C11H16OS/c1-7(2)10-8(3)6-13-11(10)9(4)12-5/h6-7H,4H2,1-3,5H3. The third kappa shape index (κ3) is 1.94. The van der Waals surface area contributed by atoms with E-state index in [1.165, 1.54) is 16.0 Å². The normalized spacial score (nSPS) is 10.5. The second kappa shape index (κ2) is 3.97. The molecule has 1 aromatic heterocycles. The maximum absolute atomic E-state index is 5.16. The summed E-state index contributed by atoms with van der Waals surface area (Å²) in [7, 11) is 1.67. The van der Waals surface area contributed by atoms with Gasteiger partial charge in [-0.1, -0.05) is 20.4 Å². The number of hydrogen-bond donors (Lipinski definition) is 0. The largest absolute Gasteiger partial charge is 0.496 e. The maximum atomic E-state index is 5.16. The van der Waals surface area contributed by atoms with Crippen LogP contribution in [0.5, 0.6) is 0 Å². The molecule has 0 atom stereocenters. The van der Waals surface area contributed by atoms with Crippen molar-refractivity contribution in [1.29, 1.82) is 0 Å². The summed E-state index contributed by atoms with van der Waals surface area (Å²) in [4.78, 5) is 1.19. The number of thiophene rings is 1. The van der Waals surface area contributed by atoms with E-state index in [2.05, 4.69) is 32.7 Å². The van der Waals surface area contributed by atoms with E-state index in [9.17, 15) is 0 Å². The summed E-state index contributed by atoms with van der Waals surface area (Å²) < 4.78 is 5.16. The Morgan fingerprint density at radius 2 is 2.15 bits per heavy atom. The van der Waals surface area contributed by atoms with Crippen molar-refractivity contribution in [3.63, 3.8) is 0 Å². The number of rotatable bonds is 3. The molecule has 0 amide bonds. The lowest BCUT2D eigenvalue weighted by Crippen LogP contribution is -1.93. The molecule has 0 unspecified atom stereocenters. The summed E-state index contributed by atoms with van der Waals surface area (Å²) in [5.74, 6) is 1.31. The predicted octanol–water partition coefficient (Wildman–Crippen LogP) is 3.80. The van der Waals surface area contributed by atoms with Crippen molar-refractivity contribution in [2.24, 2.45) is 0 Å². The first-order valence-electron chi connectivity index (χ1n) is 4.39. The molecule has 0 spiro atoms. The van der Waals surface area contributed by atoms with Crippen molar-refractivity contribution in [1.82, 2.24) is 0 Å². The second-order valence-electron chi connectivity index (χ2n) is 3.44. The molecule has 72 valence electrons. The van der Waals surface area contributed by atoms with Crippen LogP contribution < -0.4 is 0 Å². The van der Waals surface area contributed by atoms with E-state index in [4.69, 9.17) is 4.74 Å². The lowest BCUT2D eigenvalue weighted by atomic mass is 9.99. The lowest BCUT2D eigenvalue weighted by Gasteiger charge is -2.09. The Morgan fingerprint density at radius 3 is 2.62 bits per heavy atom. The van der Waals surface area contributed by atoms with Gasteiger partial charge in [0.1, 0.15) is 5.76 Å². The highest BCUT2D eigenvalue weighted by molar-refractivity contribution is 7.11. The van der Waals surface area contributed by atoms with Gasteiger partial charge in [0, 0.05) is 0 Å². The van der Waals surface area contributed by atoms with Crippen LogP contribution >= 0.6 is 11.3 Å². The molecule has 1 nitrogen and oxygen atoms in total. The molecule has 0 saturated heterocycles. The first-order chi connectivity index (χ1) is 6.07. The zero-order valence-corrected chi connectivity index (χ0v) is 9.49. The zero-order chi connectivity index (χ0) is 10.0. The summed E-state index contributed by atoms with van der Waals surface area (Å²) in [6.45, 7) is 10.4. The van der Waals surface area contributed by atoms with E-state index in [0.29, 0.717) is 5.92 Å². The van der Waals surface area contributed by atoms with Crippen molar-refractivity contribution in [2.45, 2.75) is 26.7 Å². The highest BCUT2D eigenvalue weighted by atomic mass is 32.1. The molecule has 13 heavy (non-hydrogen) atoms. The van der Waals surface area contributed by atoms with Crippen molar-refractivity contribution >= 4 is 17.1 Å². The van der Waals surface area contributed by atoms with Crippen LogP contribution in [0.4, 0.5) is 0 Å². The van der Waals surface area contributed by atoms with Crippen molar-refractivity contribution in [3.8, 4) is 0 Å². The van der Waals surface area contributed by atoms with Gasteiger partial charge in [0.25, 0.3) is 0 Å². The van der Waals surface area contributed by atoms with Crippen LogP contribution in [0.3, 0.4) is 0 Å². The molecule has 1 rings (SSSR count). The first-order valence-corrected chi connectivity index (χ1v) is 5.27. The highest BCUT2D eigenvalue weighted by Crippen LogP contribution is 2.33. The quantitative estimate of drug-likeness (QED) is 0.668. The molecule has 0 aliphatic heterocycles. The molecule has 0 fully saturated rings. The Balaban J connectivity index is 3.15. The van der Waals surface area contributed by atoms with Crippen LogP contribution in [0.15, 0.2) is 12.0 Å². The SMILES string of the molecule is C=C(OC)c1scc(C)c1C(C)C. The van der Waals surface area contributed by atoms with E-state index in [1.54, 1.807) is 18.4 Å². The Kier molecular flexibility index (Phi) is 3.15. The Morgan fingerprint density at radius 1 is 1.54 bits per heavy atom. The first kappa shape index (κ1) is 10.3. The van der Waals surface area contributed by atoms with Gasteiger partial charge in [-0.15, -0.1) is 11.3 Å². The predicted molar refractivity (Wildman–Crippen MR) is 59.2 cm³/mol.